The van der Waals surface area contributed by atoms with E-state index in [1.165, 1.54) is 54.9 Å². The monoisotopic (exact) mass is 680 g/mol. The Labute approximate surface area is 309 Å². The Morgan fingerprint density at radius 1 is 0.453 bits per heavy atom. The summed E-state index contributed by atoms with van der Waals surface area (Å²) < 4.78 is 6.65. The summed E-state index contributed by atoms with van der Waals surface area (Å²) in [7, 11) is 0. The summed E-state index contributed by atoms with van der Waals surface area (Å²) in [6.45, 7) is 0. The fourth-order valence-electron chi connectivity index (χ4n) is 8.01. The number of hydrogen-bond acceptors (Lipinski definition) is 3. The molecule has 0 bridgehead atoms. The molecular weight excluding hydrogens is 645 g/mol. The standard InChI is InChI=1S/C50H36N2O/c1-3-13-43-35(8-1)10-5-15-45(43)37-21-17-34(18-22-37)42-30-47(39-25-23-38(24-26-39)46-16-6-11-36-9-2-4-14-44(36)46)49-48(31-42)53-50(52-49)40-27-19-33(20-28-40)41-12-7-29-51-32-41/h1-6,8-11,13-19,21-27,29-32H,7,12,20,28H2. The number of fused-ring (bicyclic) bond motifs is 3. The molecule has 2 aliphatic rings. The van der Waals surface area contributed by atoms with Crippen molar-refractivity contribution in [1.29, 1.82) is 0 Å². The van der Waals surface area contributed by atoms with Crippen LogP contribution in [0, 0.1) is 0 Å². The van der Waals surface area contributed by atoms with E-state index in [0.717, 1.165) is 64.6 Å². The Balaban J connectivity index is 1.06. The van der Waals surface area contributed by atoms with Crippen molar-refractivity contribution in [2.75, 3.05) is 0 Å². The van der Waals surface area contributed by atoms with Crippen LogP contribution in [0.1, 0.15) is 31.6 Å². The van der Waals surface area contributed by atoms with E-state index in [1.54, 1.807) is 0 Å². The summed E-state index contributed by atoms with van der Waals surface area (Å²) in [5.74, 6) is 0.697. The second kappa shape index (κ2) is 13.2. The van der Waals surface area contributed by atoms with E-state index in [9.17, 15) is 0 Å². The van der Waals surface area contributed by atoms with Crippen molar-refractivity contribution >= 4 is 44.4 Å². The molecule has 252 valence electrons. The van der Waals surface area contributed by atoms with Gasteiger partial charge in [-0.2, -0.15) is 0 Å². The number of benzene rings is 7. The first-order chi connectivity index (χ1) is 26.2. The van der Waals surface area contributed by atoms with Crippen LogP contribution in [-0.2, 0) is 0 Å². The molecule has 3 heteroatoms. The van der Waals surface area contributed by atoms with Gasteiger partial charge in [0.05, 0.1) is 0 Å². The highest BCUT2D eigenvalue weighted by Crippen LogP contribution is 2.40. The molecule has 2 heterocycles. The summed E-state index contributed by atoms with van der Waals surface area (Å²) in [5, 5.41) is 5.01. The number of oxazole rings is 1. The number of rotatable bonds is 6. The fraction of sp³-hybridized carbons (Fsp3) is 0.0800. The second-order valence-corrected chi connectivity index (χ2v) is 14.0. The van der Waals surface area contributed by atoms with Gasteiger partial charge in [-0.15, -0.1) is 0 Å². The lowest BCUT2D eigenvalue weighted by Crippen LogP contribution is -1.99. The first-order valence-electron chi connectivity index (χ1n) is 18.5. The predicted molar refractivity (Wildman–Crippen MR) is 222 cm³/mol. The summed E-state index contributed by atoms with van der Waals surface area (Å²) in [4.78, 5) is 9.59. The van der Waals surface area contributed by atoms with Gasteiger partial charge in [0, 0.05) is 23.6 Å². The molecule has 1 aliphatic heterocycles. The van der Waals surface area contributed by atoms with Crippen molar-refractivity contribution in [3.8, 4) is 44.5 Å². The van der Waals surface area contributed by atoms with E-state index in [1.807, 2.05) is 12.4 Å². The van der Waals surface area contributed by atoms with Crippen molar-refractivity contribution < 1.29 is 4.42 Å². The smallest absolute Gasteiger partial charge is 0.223 e. The van der Waals surface area contributed by atoms with Crippen molar-refractivity contribution in [2.45, 2.75) is 25.7 Å². The van der Waals surface area contributed by atoms with Crippen molar-refractivity contribution in [3.63, 3.8) is 0 Å². The Hall–Kier alpha value is -6.58. The van der Waals surface area contributed by atoms with Crippen molar-refractivity contribution in [1.82, 2.24) is 4.98 Å². The molecule has 1 aliphatic carbocycles. The molecule has 0 fully saturated rings. The molecule has 0 radical (unpaired) electrons. The van der Waals surface area contributed by atoms with Crippen molar-refractivity contribution in [3.05, 3.63) is 181 Å². The zero-order chi connectivity index (χ0) is 35.1. The molecule has 0 saturated carbocycles. The highest BCUT2D eigenvalue weighted by atomic mass is 16.3. The zero-order valence-corrected chi connectivity index (χ0v) is 29.3. The first kappa shape index (κ1) is 31.2. The number of allylic oxidation sites excluding steroid dienone is 5. The molecule has 8 aromatic rings. The van der Waals surface area contributed by atoms with Gasteiger partial charge in [-0.25, -0.2) is 4.98 Å². The Morgan fingerprint density at radius 2 is 1.02 bits per heavy atom. The molecule has 0 N–H and O–H groups in total. The van der Waals surface area contributed by atoms with Gasteiger partial charge in [0.2, 0.25) is 5.89 Å². The van der Waals surface area contributed by atoms with E-state index in [2.05, 4.69) is 163 Å². The van der Waals surface area contributed by atoms with Crippen LogP contribution >= 0.6 is 0 Å². The van der Waals surface area contributed by atoms with E-state index in [-0.39, 0.29) is 0 Å². The van der Waals surface area contributed by atoms with Crippen LogP contribution in [0.25, 0.3) is 82.7 Å². The van der Waals surface area contributed by atoms with Crippen LogP contribution in [-0.4, -0.2) is 11.2 Å². The minimum Gasteiger partial charge on any atom is -0.436 e. The highest BCUT2D eigenvalue weighted by Gasteiger charge is 2.20. The van der Waals surface area contributed by atoms with E-state index >= 15 is 0 Å². The highest BCUT2D eigenvalue weighted by molar-refractivity contribution is 6.00. The third kappa shape index (κ3) is 5.81. The maximum absolute atomic E-state index is 6.65. The molecule has 7 aromatic carbocycles. The molecule has 0 unspecified atom stereocenters. The van der Waals surface area contributed by atoms with Gasteiger partial charge in [0.25, 0.3) is 0 Å². The molecule has 53 heavy (non-hydrogen) atoms. The summed E-state index contributed by atoms with van der Waals surface area (Å²) >= 11 is 0. The number of aliphatic imine (C=N–C) groups is 1. The van der Waals surface area contributed by atoms with E-state index in [0.29, 0.717) is 5.89 Å². The van der Waals surface area contributed by atoms with Crippen LogP contribution in [0.3, 0.4) is 0 Å². The molecule has 0 atom stereocenters. The third-order valence-electron chi connectivity index (χ3n) is 10.8. The van der Waals surface area contributed by atoms with Gasteiger partial charge in [-0.1, -0.05) is 146 Å². The maximum atomic E-state index is 6.65. The lowest BCUT2D eigenvalue weighted by Gasteiger charge is -2.16. The largest absolute Gasteiger partial charge is 0.436 e. The Kier molecular flexibility index (Phi) is 7.76. The van der Waals surface area contributed by atoms with Gasteiger partial charge in [0.1, 0.15) is 5.52 Å². The van der Waals surface area contributed by atoms with Gasteiger partial charge < -0.3 is 4.42 Å². The maximum Gasteiger partial charge on any atom is 0.223 e. The van der Waals surface area contributed by atoms with Crippen LogP contribution < -0.4 is 0 Å². The lowest BCUT2D eigenvalue weighted by atomic mass is 9.91. The van der Waals surface area contributed by atoms with Gasteiger partial charge in [-0.3, -0.25) is 4.99 Å². The van der Waals surface area contributed by atoms with Crippen LogP contribution in [0.5, 0.6) is 0 Å². The molecular formula is C50H36N2O. The first-order valence-corrected chi connectivity index (χ1v) is 18.5. The number of nitrogens with zero attached hydrogens (tertiary/aromatic N) is 2. The van der Waals surface area contributed by atoms with Gasteiger partial charge >= 0.3 is 0 Å². The minimum absolute atomic E-state index is 0.697. The normalized spacial score (nSPS) is 14.4. The number of hydrogen-bond donors (Lipinski definition) is 0. The Bertz CT molecular complexity index is 2800. The third-order valence-corrected chi connectivity index (χ3v) is 10.8. The quantitative estimate of drug-likeness (QED) is 0.175. The predicted octanol–water partition coefficient (Wildman–Crippen LogP) is 13.7. The average Bonchev–Trinajstić information content (AvgIpc) is 3.68. The summed E-state index contributed by atoms with van der Waals surface area (Å²) in [5.41, 5.74) is 14.8. The average molecular weight is 681 g/mol. The van der Waals surface area contributed by atoms with Crippen molar-refractivity contribution in [2.24, 2.45) is 4.99 Å². The van der Waals surface area contributed by atoms with Crippen LogP contribution in [0.15, 0.2) is 185 Å². The Morgan fingerprint density at radius 3 is 1.62 bits per heavy atom. The van der Waals surface area contributed by atoms with E-state index < -0.39 is 0 Å². The number of aromatic nitrogens is 1. The summed E-state index contributed by atoms with van der Waals surface area (Å²) in [6.07, 6.45) is 12.3. The SMILES string of the molecule is C1=NC=C(C2=CC=C(c3nc4c(-c5ccc(-c6cccc7ccccc67)cc5)cc(-c5ccc(-c6cccc7ccccc67)cc5)cc4o3)CC2)CC1. The molecule has 0 saturated heterocycles. The topological polar surface area (TPSA) is 38.4 Å². The minimum atomic E-state index is 0.697. The fourth-order valence-corrected chi connectivity index (χ4v) is 8.01. The van der Waals surface area contributed by atoms with Crippen LogP contribution in [0.2, 0.25) is 0 Å². The van der Waals surface area contributed by atoms with Gasteiger partial charge in [0.15, 0.2) is 5.58 Å². The molecule has 0 spiro atoms. The molecule has 10 rings (SSSR count). The molecule has 3 nitrogen and oxygen atoms in total. The zero-order valence-electron chi connectivity index (χ0n) is 29.3. The van der Waals surface area contributed by atoms with Crippen LogP contribution in [0.4, 0.5) is 0 Å². The summed E-state index contributed by atoms with van der Waals surface area (Å²) in [6, 6.07) is 52.5. The van der Waals surface area contributed by atoms with E-state index in [4.69, 9.17) is 9.40 Å². The molecule has 0 amide bonds. The second-order valence-electron chi connectivity index (χ2n) is 14.0. The van der Waals surface area contributed by atoms with Gasteiger partial charge in [-0.05, 0) is 109 Å². The lowest BCUT2D eigenvalue weighted by molar-refractivity contribution is 0.580. The molecule has 1 aromatic heterocycles.